The Kier molecular flexibility index (Phi) is 7.25. The molecule has 0 bridgehead atoms. The summed E-state index contributed by atoms with van der Waals surface area (Å²) < 4.78 is 0. The highest BCUT2D eigenvalue weighted by Gasteiger charge is 2.43. The lowest BCUT2D eigenvalue weighted by Gasteiger charge is -2.46. The van der Waals surface area contributed by atoms with Crippen LogP contribution in [0.1, 0.15) is 93.4 Å². The predicted octanol–water partition coefficient (Wildman–Crippen LogP) is 6.64. The molecule has 1 heterocycles. The molecule has 2 heteroatoms. The Morgan fingerprint density at radius 3 is 1.76 bits per heavy atom. The normalized spacial score (nSPS) is 23.1. The van der Waals surface area contributed by atoms with Crippen LogP contribution in [0.5, 0.6) is 0 Å². The van der Waals surface area contributed by atoms with Crippen molar-refractivity contribution in [2.24, 2.45) is 5.92 Å². The molecule has 144 valence electrons. The molecule has 0 atom stereocenters. The Balaban J connectivity index is 2.38. The van der Waals surface area contributed by atoms with Crippen molar-refractivity contribution >= 4 is 8.07 Å². The van der Waals surface area contributed by atoms with E-state index in [9.17, 15) is 0 Å². The monoisotopic (exact) mass is 361 g/mol. The van der Waals surface area contributed by atoms with E-state index in [1.165, 1.54) is 58.0 Å². The molecule has 0 radical (unpaired) electrons. The highest BCUT2D eigenvalue weighted by atomic mass is 28.3. The van der Waals surface area contributed by atoms with Crippen LogP contribution in [0.2, 0.25) is 16.6 Å². The van der Waals surface area contributed by atoms with E-state index in [0.29, 0.717) is 0 Å². The second-order valence-corrected chi connectivity index (χ2v) is 15.5. The first-order chi connectivity index (χ1) is 11.7. The van der Waals surface area contributed by atoms with Gasteiger partial charge in [-0.05, 0) is 61.3 Å². The molecule has 1 aliphatic carbocycles. The molecule has 0 aromatic rings. The van der Waals surface area contributed by atoms with E-state index in [4.69, 9.17) is 0 Å². The third kappa shape index (κ3) is 4.36. The molecule has 0 N–H and O–H groups in total. The zero-order valence-electron chi connectivity index (χ0n) is 18.1. The molecule has 0 unspecified atom stereocenters. The topological polar surface area (TPSA) is 3.24 Å². The van der Waals surface area contributed by atoms with Gasteiger partial charge < -0.3 is 0 Å². The maximum atomic E-state index is 4.10. The first-order valence-corrected chi connectivity index (χ1v) is 13.3. The van der Waals surface area contributed by atoms with Crippen LogP contribution in [0, 0.1) is 17.4 Å². The van der Waals surface area contributed by atoms with Gasteiger partial charge in [0.05, 0.1) is 5.54 Å². The fourth-order valence-corrected chi connectivity index (χ4v) is 11.1. The average molecular weight is 362 g/mol. The fourth-order valence-electron chi connectivity index (χ4n) is 5.75. The van der Waals surface area contributed by atoms with Gasteiger partial charge in [-0.1, -0.05) is 73.6 Å². The van der Waals surface area contributed by atoms with E-state index in [1.807, 2.05) is 0 Å². The van der Waals surface area contributed by atoms with Crippen molar-refractivity contribution in [1.82, 2.24) is 4.90 Å². The maximum absolute atomic E-state index is 4.10. The first-order valence-electron chi connectivity index (χ1n) is 11.0. The Morgan fingerprint density at radius 1 is 0.840 bits per heavy atom. The fraction of sp³-hybridized carbons (Fsp3) is 0.913. The van der Waals surface area contributed by atoms with Crippen LogP contribution < -0.4 is 0 Å². The quantitative estimate of drug-likeness (QED) is 0.400. The van der Waals surface area contributed by atoms with Crippen LogP contribution in [0.3, 0.4) is 0 Å². The van der Waals surface area contributed by atoms with Crippen molar-refractivity contribution in [2.45, 2.75) is 116 Å². The molecule has 0 spiro atoms. The van der Waals surface area contributed by atoms with Gasteiger partial charge in [0.2, 0.25) is 0 Å². The summed E-state index contributed by atoms with van der Waals surface area (Å²) in [5, 5.41) is 0. The summed E-state index contributed by atoms with van der Waals surface area (Å²) in [4.78, 5) is 2.80. The van der Waals surface area contributed by atoms with Crippen LogP contribution in [0.15, 0.2) is 0 Å². The third-order valence-electron chi connectivity index (χ3n) is 7.45. The lowest BCUT2D eigenvalue weighted by molar-refractivity contribution is 0.0648. The van der Waals surface area contributed by atoms with Crippen molar-refractivity contribution in [3.63, 3.8) is 0 Å². The molecule has 2 aliphatic rings. The van der Waals surface area contributed by atoms with Gasteiger partial charge in [-0.2, -0.15) is 0 Å². The summed E-state index contributed by atoms with van der Waals surface area (Å²) in [6.07, 6.45) is 9.52. The van der Waals surface area contributed by atoms with Crippen molar-refractivity contribution in [1.29, 1.82) is 0 Å². The van der Waals surface area contributed by atoms with Crippen molar-refractivity contribution in [2.75, 3.05) is 13.1 Å². The molecule has 1 saturated carbocycles. The van der Waals surface area contributed by atoms with Crippen LogP contribution in [0.4, 0.5) is 0 Å². The van der Waals surface area contributed by atoms with E-state index in [0.717, 1.165) is 22.5 Å². The van der Waals surface area contributed by atoms with Gasteiger partial charge in [-0.15, -0.1) is 5.54 Å². The van der Waals surface area contributed by atoms with Gasteiger partial charge in [0.25, 0.3) is 0 Å². The Hall–Kier alpha value is -0.263. The second kappa shape index (κ2) is 8.62. The average Bonchev–Trinajstić information content (AvgIpc) is 2.56. The SMILES string of the molecule is CC1CCN(C2(C#C[Si](C(C)C)(C(C)C)C(C)C)CCCCC2)CC1. The number of likely N-dealkylation sites (tertiary alicyclic amines) is 1. The summed E-state index contributed by atoms with van der Waals surface area (Å²) in [6, 6.07) is 0. The van der Waals surface area contributed by atoms with Gasteiger partial charge in [0.15, 0.2) is 0 Å². The van der Waals surface area contributed by atoms with E-state index >= 15 is 0 Å². The Bertz CT molecular complexity index is 446. The molecular weight excluding hydrogens is 318 g/mol. The number of piperidine rings is 1. The molecule has 0 aromatic heterocycles. The van der Waals surface area contributed by atoms with Crippen molar-refractivity contribution in [3.8, 4) is 11.5 Å². The number of nitrogens with zero attached hydrogens (tertiary/aromatic N) is 1. The third-order valence-corrected chi connectivity index (χ3v) is 13.7. The summed E-state index contributed by atoms with van der Waals surface area (Å²) in [5.41, 5.74) is 6.52. The van der Waals surface area contributed by atoms with Crippen molar-refractivity contribution in [3.05, 3.63) is 0 Å². The lowest BCUT2D eigenvalue weighted by atomic mass is 9.79. The molecule has 1 saturated heterocycles. The minimum absolute atomic E-state index is 0.204. The molecule has 25 heavy (non-hydrogen) atoms. The smallest absolute Gasteiger partial charge is 0.146 e. The maximum Gasteiger partial charge on any atom is 0.146 e. The van der Waals surface area contributed by atoms with Crippen LogP contribution >= 0.6 is 0 Å². The van der Waals surface area contributed by atoms with Crippen LogP contribution in [-0.2, 0) is 0 Å². The Labute approximate surface area is 159 Å². The summed E-state index contributed by atoms with van der Waals surface area (Å²) in [6.45, 7) is 19.6. The molecule has 0 amide bonds. The molecule has 1 aliphatic heterocycles. The summed E-state index contributed by atoms with van der Waals surface area (Å²) in [5.74, 6) is 4.95. The Morgan fingerprint density at radius 2 is 1.32 bits per heavy atom. The number of hydrogen-bond acceptors (Lipinski definition) is 1. The molecule has 1 nitrogen and oxygen atoms in total. The summed E-state index contributed by atoms with van der Waals surface area (Å²) in [7, 11) is -1.62. The number of rotatable bonds is 4. The lowest BCUT2D eigenvalue weighted by Crippen LogP contribution is -2.53. The second-order valence-electron chi connectivity index (χ2n) is 9.91. The van der Waals surface area contributed by atoms with E-state index < -0.39 is 8.07 Å². The zero-order chi connectivity index (χ0) is 18.7. The summed E-state index contributed by atoms with van der Waals surface area (Å²) >= 11 is 0. The highest BCUT2D eigenvalue weighted by molar-refractivity contribution is 6.90. The van der Waals surface area contributed by atoms with Crippen LogP contribution in [-0.4, -0.2) is 31.6 Å². The largest absolute Gasteiger partial charge is 0.287 e. The van der Waals surface area contributed by atoms with Crippen molar-refractivity contribution < 1.29 is 0 Å². The van der Waals surface area contributed by atoms with Gasteiger partial charge in [-0.25, -0.2) is 0 Å². The molecule has 2 rings (SSSR count). The van der Waals surface area contributed by atoms with E-state index in [-0.39, 0.29) is 5.54 Å². The van der Waals surface area contributed by atoms with Gasteiger partial charge in [0.1, 0.15) is 8.07 Å². The van der Waals surface area contributed by atoms with Gasteiger partial charge >= 0.3 is 0 Å². The zero-order valence-corrected chi connectivity index (χ0v) is 19.1. The standard InChI is InChI=1S/C23H43NSi/c1-19(2)25(20(3)4,21(5)6)18-15-23(13-9-8-10-14-23)24-16-11-22(7)12-17-24/h19-22H,8-14,16-17H2,1-7H3. The van der Waals surface area contributed by atoms with E-state index in [1.54, 1.807) is 0 Å². The van der Waals surface area contributed by atoms with Gasteiger partial charge in [-0.3, -0.25) is 4.90 Å². The van der Waals surface area contributed by atoms with E-state index in [2.05, 4.69) is 64.8 Å². The molecule has 2 fully saturated rings. The van der Waals surface area contributed by atoms with Gasteiger partial charge in [0, 0.05) is 0 Å². The molecule has 0 aromatic carbocycles. The number of hydrogen-bond donors (Lipinski definition) is 0. The highest BCUT2D eigenvalue weighted by Crippen LogP contribution is 2.42. The molecular formula is C23H43NSi. The first kappa shape index (κ1) is 21.0. The predicted molar refractivity (Wildman–Crippen MR) is 115 cm³/mol. The van der Waals surface area contributed by atoms with Crippen LogP contribution in [0.25, 0.3) is 0 Å². The minimum atomic E-state index is -1.62. The minimum Gasteiger partial charge on any atom is -0.287 e.